The number of benzene rings is 2. The molecule has 1 aliphatic carbocycles. The summed E-state index contributed by atoms with van der Waals surface area (Å²) in [6.07, 6.45) is 4.54. The normalized spacial score (nSPS) is 21.3. The molecule has 6 rings (SSSR count). The van der Waals surface area contributed by atoms with Crippen LogP contribution in [-0.4, -0.2) is 36.7 Å². The predicted molar refractivity (Wildman–Crippen MR) is 120 cm³/mol. The number of aryl methyl sites for hydroxylation is 1. The molecule has 6 nitrogen and oxygen atoms in total. The van der Waals surface area contributed by atoms with Gasteiger partial charge >= 0.3 is 0 Å². The third-order valence-electron chi connectivity index (χ3n) is 6.90. The van der Waals surface area contributed by atoms with Crippen LogP contribution < -0.4 is 20.1 Å². The highest BCUT2D eigenvalue weighted by atomic mass is 19.1. The van der Waals surface area contributed by atoms with Gasteiger partial charge < -0.3 is 25.1 Å². The minimum atomic E-state index is -0.170. The molecule has 3 aromatic rings. The Hall–Kier alpha value is -3.06. The number of carbonyl (C=O) groups is 1. The van der Waals surface area contributed by atoms with Gasteiger partial charge in [0.25, 0.3) is 0 Å². The number of H-pyrrole nitrogens is 1. The zero-order valence-electron chi connectivity index (χ0n) is 17.8. The monoisotopic (exact) mass is 435 g/mol. The number of rotatable bonds is 5. The lowest BCUT2D eigenvalue weighted by Gasteiger charge is -2.28. The Morgan fingerprint density at radius 2 is 2.12 bits per heavy atom. The van der Waals surface area contributed by atoms with Gasteiger partial charge in [-0.1, -0.05) is 0 Å². The van der Waals surface area contributed by atoms with E-state index in [-0.39, 0.29) is 17.8 Å². The fourth-order valence-electron chi connectivity index (χ4n) is 5.29. The van der Waals surface area contributed by atoms with Gasteiger partial charge in [0.05, 0.1) is 6.42 Å². The average molecular weight is 435 g/mol. The molecule has 2 aliphatic heterocycles. The van der Waals surface area contributed by atoms with Crippen LogP contribution in [0.4, 0.5) is 10.1 Å². The van der Waals surface area contributed by atoms with E-state index < -0.39 is 0 Å². The first-order valence-corrected chi connectivity index (χ1v) is 11.4. The van der Waals surface area contributed by atoms with Crippen molar-refractivity contribution in [2.75, 3.05) is 25.0 Å². The topological polar surface area (TPSA) is 75.4 Å². The number of ether oxygens (including phenoxy) is 2. The zero-order chi connectivity index (χ0) is 21.7. The van der Waals surface area contributed by atoms with Crippen molar-refractivity contribution in [3.63, 3.8) is 0 Å². The minimum Gasteiger partial charge on any atom is -0.485 e. The van der Waals surface area contributed by atoms with Crippen LogP contribution in [0.15, 0.2) is 30.3 Å². The van der Waals surface area contributed by atoms with Crippen LogP contribution in [0.3, 0.4) is 0 Å². The van der Waals surface area contributed by atoms with Gasteiger partial charge in [0.1, 0.15) is 18.5 Å². The van der Waals surface area contributed by atoms with Gasteiger partial charge in [-0.25, -0.2) is 4.39 Å². The Morgan fingerprint density at radius 1 is 1.19 bits per heavy atom. The van der Waals surface area contributed by atoms with Crippen LogP contribution in [0.2, 0.25) is 0 Å². The quantitative estimate of drug-likeness (QED) is 0.534. The van der Waals surface area contributed by atoms with Gasteiger partial charge in [0.2, 0.25) is 5.91 Å². The molecule has 0 bridgehead atoms. The molecule has 166 valence electrons. The van der Waals surface area contributed by atoms with E-state index in [0.717, 1.165) is 60.9 Å². The smallest absolute Gasteiger partial charge is 0.229 e. The second-order valence-corrected chi connectivity index (χ2v) is 9.07. The van der Waals surface area contributed by atoms with Crippen LogP contribution in [0.25, 0.3) is 10.9 Å². The summed E-state index contributed by atoms with van der Waals surface area (Å²) >= 11 is 0. The lowest BCUT2D eigenvalue weighted by Crippen LogP contribution is -2.39. The summed E-state index contributed by atoms with van der Waals surface area (Å²) in [4.78, 5) is 15.1. The Kier molecular flexibility index (Phi) is 4.79. The molecule has 1 amide bonds. The molecule has 32 heavy (non-hydrogen) atoms. The third kappa shape index (κ3) is 3.50. The minimum absolute atomic E-state index is 0.00441. The number of aromatic nitrogens is 1. The van der Waals surface area contributed by atoms with Crippen molar-refractivity contribution >= 4 is 22.5 Å². The van der Waals surface area contributed by atoms with E-state index in [2.05, 4.69) is 15.6 Å². The second kappa shape index (κ2) is 7.81. The van der Waals surface area contributed by atoms with E-state index in [0.29, 0.717) is 30.4 Å². The number of amides is 1. The first-order chi connectivity index (χ1) is 15.6. The Labute approximate surface area is 185 Å². The predicted octanol–water partition coefficient (Wildman–Crippen LogP) is 3.73. The molecule has 7 heteroatoms. The van der Waals surface area contributed by atoms with Crippen molar-refractivity contribution in [1.29, 1.82) is 0 Å². The molecule has 0 radical (unpaired) electrons. The van der Waals surface area contributed by atoms with Crippen LogP contribution in [0.5, 0.6) is 11.5 Å². The van der Waals surface area contributed by atoms with Crippen molar-refractivity contribution in [3.8, 4) is 11.5 Å². The Bertz CT molecular complexity index is 1200. The van der Waals surface area contributed by atoms with Crippen molar-refractivity contribution in [2.45, 2.75) is 38.2 Å². The standard InChI is InChI=1S/C25H26FN3O3/c26-15-2-4-20-18(10-15)17-3-1-14(9-22(17)28-20)7-8-27-12-16-13-31-25-19-11-24(30)29-21(19)5-6-23(25)32-16/h2,4-6,10,14,16,27-28H,1,3,7-9,11-13H2,(H,29,30)/t14?,16-/m0/s1. The molecule has 1 aromatic heterocycles. The highest BCUT2D eigenvalue weighted by Gasteiger charge is 2.29. The number of halogens is 1. The van der Waals surface area contributed by atoms with E-state index in [4.69, 9.17) is 9.47 Å². The first kappa shape index (κ1) is 19.6. The maximum Gasteiger partial charge on any atom is 0.229 e. The molecule has 0 saturated heterocycles. The van der Waals surface area contributed by atoms with E-state index in [9.17, 15) is 9.18 Å². The highest BCUT2D eigenvalue weighted by Crippen LogP contribution is 2.41. The fraction of sp³-hybridized carbons (Fsp3) is 0.400. The van der Waals surface area contributed by atoms with E-state index in [1.807, 2.05) is 18.2 Å². The zero-order valence-corrected chi connectivity index (χ0v) is 17.8. The Morgan fingerprint density at radius 3 is 3.06 bits per heavy atom. The van der Waals surface area contributed by atoms with Crippen molar-refractivity contribution < 1.29 is 18.7 Å². The van der Waals surface area contributed by atoms with Crippen molar-refractivity contribution in [2.24, 2.45) is 5.92 Å². The van der Waals surface area contributed by atoms with Gasteiger partial charge in [-0.15, -0.1) is 0 Å². The average Bonchev–Trinajstić information content (AvgIpc) is 3.35. The van der Waals surface area contributed by atoms with Crippen LogP contribution in [-0.2, 0) is 24.1 Å². The molecule has 2 aromatic carbocycles. The number of hydrogen-bond donors (Lipinski definition) is 3. The number of anilines is 1. The van der Waals surface area contributed by atoms with E-state index in [1.165, 1.54) is 17.3 Å². The van der Waals surface area contributed by atoms with Gasteiger partial charge in [-0.3, -0.25) is 4.79 Å². The molecule has 3 heterocycles. The third-order valence-corrected chi connectivity index (χ3v) is 6.90. The van der Waals surface area contributed by atoms with E-state index in [1.54, 1.807) is 6.07 Å². The maximum atomic E-state index is 13.6. The Balaban J connectivity index is 1.01. The summed E-state index contributed by atoms with van der Waals surface area (Å²) < 4.78 is 25.7. The molecule has 3 N–H and O–H groups in total. The summed E-state index contributed by atoms with van der Waals surface area (Å²) in [7, 11) is 0. The lowest BCUT2D eigenvalue weighted by molar-refractivity contribution is -0.115. The summed E-state index contributed by atoms with van der Waals surface area (Å²) in [6, 6.07) is 8.77. The van der Waals surface area contributed by atoms with Crippen LogP contribution in [0.1, 0.15) is 29.7 Å². The molecule has 1 unspecified atom stereocenters. The number of fused-ring (bicyclic) bond motifs is 6. The molecule has 2 atom stereocenters. The molecule has 3 aliphatic rings. The fourth-order valence-corrected chi connectivity index (χ4v) is 5.29. The van der Waals surface area contributed by atoms with Gasteiger partial charge in [-0.05, 0) is 74.0 Å². The van der Waals surface area contributed by atoms with Crippen molar-refractivity contribution in [3.05, 3.63) is 53.0 Å². The molecular formula is C25H26FN3O3. The summed E-state index contributed by atoms with van der Waals surface area (Å²) in [5.74, 6) is 1.86. The SMILES string of the molecule is O=C1Cc2c(ccc3c2OC[C@H](CNCCC2CCc4c([nH]c5ccc(F)cc45)C2)O3)N1. The number of nitrogens with one attached hydrogen (secondary N) is 3. The van der Waals surface area contributed by atoms with E-state index >= 15 is 0 Å². The van der Waals surface area contributed by atoms with Crippen LogP contribution in [0, 0.1) is 11.7 Å². The van der Waals surface area contributed by atoms with Gasteiger partial charge in [0.15, 0.2) is 11.5 Å². The second-order valence-electron chi connectivity index (χ2n) is 9.07. The van der Waals surface area contributed by atoms with Gasteiger partial charge in [-0.2, -0.15) is 0 Å². The summed E-state index contributed by atoms with van der Waals surface area (Å²) in [5.41, 5.74) is 5.32. The lowest BCUT2D eigenvalue weighted by atomic mass is 9.85. The molecule has 0 spiro atoms. The van der Waals surface area contributed by atoms with Gasteiger partial charge in [0, 0.05) is 34.4 Å². The first-order valence-electron chi connectivity index (χ1n) is 11.4. The number of hydrogen-bond acceptors (Lipinski definition) is 4. The number of aromatic amines is 1. The van der Waals surface area contributed by atoms with Crippen molar-refractivity contribution in [1.82, 2.24) is 10.3 Å². The van der Waals surface area contributed by atoms with Crippen LogP contribution >= 0.6 is 0 Å². The number of carbonyl (C=O) groups excluding carboxylic acids is 1. The largest absolute Gasteiger partial charge is 0.485 e. The summed E-state index contributed by atoms with van der Waals surface area (Å²) in [5, 5.41) is 7.40. The molecule has 0 fully saturated rings. The highest BCUT2D eigenvalue weighted by molar-refractivity contribution is 6.00. The maximum absolute atomic E-state index is 13.6. The molecule has 0 saturated carbocycles. The molecular weight excluding hydrogens is 409 g/mol. The summed E-state index contributed by atoms with van der Waals surface area (Å²) in [6.45, 7) is 2.12.